The standard InChI is InChI=1S/C23H32N6O7S/c1-37-7-6-16(21(33)28-17(23(35)36)9-19(25)31)27-22(34)18(11-30)29-20(32)14(24)8-12-10-26-15-5-3-2-4-13(12)15/h2-5,10,14,16-18,26,30H,6-9,11,24H2,1H3,(H2,25,31)(H,27,34)(H,28,33)(H,29,32)(H,35,36). The Bertz CT molecular complexity index is 1120. The average Bonchev–Trinajstić information content (AvgIpc) is 3.26. The van der Waals surface area contributed by atoms with E-state index in [1.807, 2.05) is 24.3 Å². The van der Waals surface area contributed by atoms with Gasteiger partial charge in [0.05, 0.1) is 19.1 Å². The highest BCUT2D eigenvalue weighted by Gasteiger charge is 2.30. The number of aromatic amines is 1. The molecule has 2 aromatic rings. The van der Waals surface area contributed by atoms with E-state index in [-0.39, 0.29) is 12.8 Å². The van der Waals surface area contributed by atoms with Crippen LogP contribution in [0.25, 0.3) is 10.9 Å². The average molecular weight is 537 g/mol. The van der Waals surface area contributed by atoms with Crippen molar-refractivity contribution in [2.75, 3.05) is 18.6 Å². The second-order valence-electron chi connectivity index (χ2n) is 8.33. The van der Waals surface area contributed by atoms with Crippen LogP contribution in [0.3, 0.4) is 0 Å². The maximum atomic E-state index is 12.8. The number of hydrogen-bond acceptors (Lipinski definition) is 8. The number of primary amides is 1. The van der Waals surface area contributed by atoms with Crippen molar-refractivity contribution < 1.29 is 34.2 Å². The molecule has 37 heavy (non-hydrogen) atoms. The van der Waals surface area contributed by atoms with Gasteiger partial charge in [0.15, 0.2) is 0 Å². The van der Waals surface area contributed by atoms with Crippen LogP contribution in [-0.2, 0) is 30.4 Å². The third-order valence-corrected chi connectivity index (χ3v) is 6.17. The molecule has 10 N–H and O–H groups in total. The summed E-state index contributed by atoms with van der Waals surface area (Å²) in [5.41, 5.74) is 12.8. The summed E-state index contributed by atoms with van der Waals surface area (Å²) in [7, 11) is 0. The summed E-state index contributed by atoms with van der Waals surface area (Å²) >= 11 is 1.38. The molecule has 4 atom stereocenters. The molecule has 0 aliphatic heterocycles. The summed E-state index contributed by atoms with van der Waals surface area (Å²) in [5.74, 6) is -4.36. The van der Waals surface area contributed by atoms with Crippen LogP contribution < -0.4 is 27.4 Å². The summed E-state index contributed by atoms with van der Waals surface area (Å²) in [6.07, 6.45) is 3.17. The van der Waals surface area contributed by atoms with E-state index in [0.717, 1.165) is 16.5 Å². The number of aromatic nitrogens is 1. The topological polar surface area (TPSA) is 230 Å². The van der Waals surface area contributed by atoms with Gasteiger partial charge in [-0.3, -0.25) is 19.2 Å². The van der Waals surface area contributed by atoms with Crippen LogP contribution in [0.2, 0.25) is 0 Å². The minimum Gasteiger partial charge on any atom is -0.480 e. The number of aliphatic carboxylic acids is 1. The molecule has 0 aliphatic rings. The largest absolute Gasteiger partial charge is 0.480 e. The van der Waals surface area contributed by atoms with E-state index in [2.05, 4.69) is 20.9 Å². The van der Waals surface area contributed by atoms with Crippen LogP contribution in [0.5, 0.6) is 0 Å². The summed E-state index contributed by atoms with van der Waals surface area (Å²) in [6.45, 7) is -0.770. The zero-order valence-corrected chi connectivity index (χ0v) is 21.0. The zero-order chi connectivity index (χ0) is 27.5. The van der Waals surface area contributed by atoms with E-state index in [0.29, 0.717) is 5.75 Å². The predicted octanol–water partition coefficient (Wildman–Crippen LogP) is -1.80. The minimum atomic E-state index is -1.57. The molecule has 1 heterocycles. The molecule has 14 heteroatoms. The first-order valence-corrected chi connectivity index (χ1v) is 12.8. The van der Waals surface area contributed by atoms with Crippen molar-refractivity contribution in [3.05, 3.63) is 36.0 Å². The van der Waals surface area contributed by atoms with Crippen LogP contribution in [0.15, 0.2) is 30.5 Å². The Balaban J connectivity index is 2.03. The Kier molecular flexibility index (Phi) is 11.4. The van der Waals surface area contributed by atoms with Gasteiger partial charge in [-0.15, -0.1) is 0 Å². The van der Waals surface area contributed by atoms with Crippen molar-refractivity contribution in [2.45, 2.75) is 43.4 Å². The number of thioether (sulfide) groups is 1. The SMILES string of the molecule is CSCCC(NC(=O)C(CO)NC(=O)C(N)Cc1c[nH]c2ccccc12)C(=O)NC(CC(N)=O)C(=O)O. The van der Waals surface area contributed by atoms with Crippen LogP contribution >= 0.6 is 11.8 Å². The number of carbonyl (C=O) groups excluding carboxylic acids is 4. The number of hydrogen-bond donors (Lipinski definition) is 8. The lowest BCUT2D eigenvalue weighted by Crippen LogP contribution is -2.58. The van der Waals surface area contributed by atoms with E-state index in [4.69, 9.17) is 11.5 Å². The smallest absolute Gasteiger partial charge is 0.326 e. The Labute approximate surface area is 217 Å². The lowest BCUT2D eigenvalue weighted by molar-refractivity contribution is -0.143. The predicted molar refractivity (Wildman–Crippen MR) is 137 cm³/mol. The van der Waals surface area contributed by atoms with Crippen molar-refractivity contribution in [1.29, 1.82) is 0 Å². The summed E-state index contributed by atoms with van der Waals surface area (Å²) < 4.78 is 0. The number of carboxylic acids is 1. The van der Waals surface area contributed by atoms with E-state index in [1.54, 1.807) is 12.5 Å². The highest BCUT2D eigenvalue weighted by Crippen LogP contribution is 2.18. The van der Waals surface area contributed by atoms with Gasteiger partial charge in [-0.05, 0) is 36.5 Å². The first-order valence-electron chi connectivity index (χ1n) is 11.4. The number of para-hydroxylation sites is 1. The molecule has 2 rings (SSSR count). The van der Waals surface area contributed by atoms with Gasteiger partial charge in [-0.1, -0.05) is 18.2 Å². The third-order valence-electron chi connectivity index (χ3n) is 5.53. The minimum absolute atomic E-state index is 0.119. The number of amides is 4. The molecule has 0 aliphatic carbocycles. The monoisotopic (exact) mass is 536 g/mol. The Morgan fingerprint density at radius 2 is 1.62 bits per heavy atom. The van der Waals surface area contributed by atoms with Crippen LogP contribution in [0.4, 0.5) is 0 Å². The lowest BCUT2D eigenvalue weighted by atomic mass is 10.0. The number of aliphatic hydroxyl groups is 1. The number of fused-ring (bicyclic) bond motifs is 1. The number of nitrogens with one attached hydrogen (secondary N) is 4. The van der Waals surface area contributed by atoms with Crippen molar-refractivity contribution >= 4 is 52.3 Å². The molecule has 0 radical (unpaired) electrons. The summed E-state index contributed by atoms with van der Waals surface area (Å²) in [4.78, 5) is 63.7. The fourth-order valence-electron chi connectivity index (χ4n) is 3.55. The molecular weight excluding hydrogens is 504 g/mol. The molecule has 4 unspecified atom stereocenters. The number of carboxylic acid groups (broad SMARTS) is 1. The van der Waals surface area contributed by atoms with E-state index < -0.39 is 66.8 Å². The van der Waals surface area contributed by atoms with Gasteiger partial charge in [0.25, 0.3) is 0 Å². The Hall–Kier alpha value is -3.62. The lowest BCUT2D eigenvalue weighted by Gasteiger charge is -2.24. The Morgan fingerprint density at radius 3 is 2.24 bits per heavy atom. The first kappa shape index (κ1) is 29.6. The molecule has 0 saturated carbocycles. The second-order valence-corrected chi connectivity index (χ2v) is 9.31. The number of rotatable bonds is 15. The molecule has 0 bridgehead atoms. The van der Waals surface area contributed by atoms with Crippen molar-refractivity contribution in [1.82, 2.24) is 20.9 Å². The first-order chi connectivity index (χ1) is 17.6. The van der Waals surface area contributed by atoms with Crippen molar-refractivity contribution in [2.24, 2.45) is 11.5 Å². The summed E-state index contributed by atoms with van der Waals surface area (Å²) in [5, 5.41) is 26.8. The molecule has 0 spiro atoms. The van der Waals surface area contributed by atoms with Gasteiger partial charge in [0, 0.05) is 17.1 Å². The highest BCUT2D eigenvalue weighted by atomic mass is 32.2. The molecule has 13 nitrogen and oxygen atoms in total. The van der Waals surface area contributed by atoms with Gasteiger partial charge in [0.1, 0.15) is 18.1 Å². The zero-order valence-electron chi connectivity index (χ0n) is 20.2. The molecule has 0 saturated heterocycles. The number of aliphatic hydroxyl groups excluding tert-OH is 1. The number of nitrogens with two attached hydrogens (primary N) is 2. The Morgan fingerprint density at radius 1 is 1.00 bits per heavy atom. The molecule has 1 aromatic carbocycles. The van der Waals surface area contributed by atoms with E-state index >= 15 is 0 Å². The molecule has 202 valence electrons. The second kappa shape index (κ2) is 14.2. The number of H-pyrrole nitrogens is 1. The maximum Gasteiger partial charge on any atom is 0.326 e. The fourth-order valence-corrected chi connectivity index (χ4v) is 4.02. The van der Waals surface area contributed by atoms with Crippen LogP contribution in [-0.4, -0.2) is 87.6 Å². The normalized spacial score (nSPS) is 14.2. The third kappa shape index (κ3) is 8.77. The number of benzene rings is 1. The van der Waals surface area contributed by atoms with E-state index in [9.17, 15) is 34.2 Å². The quantitative estimate of drug-likeness (QED) is 0.128. The van der Waals surface area contributed by atoms with Gasteiger partial charge in [-0.25, -0.2) is 4.79 Å². The molecule has 4 amide bonds. The van der Waals surface area contributed by atoms with Gasteiger partial charge in [0.2, 0.25) is 23.6 Å². The van der Waals surface area contributed by atoms with Gasteiger partial charge in [-0.2, -0.15) is 11.8 Å². The van der Waals surface area contributed by atoms with E-state index in [1.165, 1.54) is 11.8 Å². The molecule has 1 aromatic heterocycles. The highest BCUT2D eigenvalue weighted by molar-refractivity contribution is 7.98. The van der Waals surface area contributed by atoms with Crippen molar-refractivity contribution in [3.8, 4) is 0 Å². The van der Waals surface area contributed by atoms with Crippen LogP contribution in [0.1, 0.15) is 18.4 Å². The van der Waals surface area contributed by atoms with Crippen molar-refractivity contribution in [3.63, 3.8) is 0 Å². The van der Waals surface area contributed by atoms with Gasteiger partial charge < -0.3 is 42.6 Å². The molecular formula is C23H32N6O7S. The molecule has 0 fully saturated rings. The number of carbonyl (C=O) groups is 5. The van der Waals surface area contributed by atoms with Gasteiger partial charge >= 0.3 is 5.97 Å². The fraction of sp³-hybridized carbons (Fsp3) is 0.435. The van der Waals surface area contributed by atoms with Crippen LogP contribution in [0, 0.1) is 0 Å². The summed E-state index contributed by atoms with van der Waals surface area (Å²) in [6, 6.07) is 2.28. The maximum absolute atomic E-state index is 12.8.